The molecule has 0 saturated heterocycles. The lowest BCUT2D eigenvalue weighted by molar-refractivity contribution is -0.153. The van der Waals surface area contributed by atoms with Gasteiger partial charge in [-0.15, -0.1) is 0 Å². The van der Waals surface area contributed by atoms with E-state index in [9.17, 15) is 9.59 Å². The van der Waals surface area contributed by atoms with Crippen LogP contribution in [0.5, 0.6) is 0 Å². The lowest BCUT2D eigenvalue weighted by Crippen LogP contribution is -2.44. The zero-order valence-electron chi connectivity index (χ0n) is 17.3. The molecule has 6 heteroatoms. The lowest BCUT2D eigenvalue weighted by atomic mass is 9.64. The van der Waals surface area contributed by atoms with Crippen molar-refractivity contribution in [1.82, 2.24) is 4.57 Å². The Bertz CT molecular complexity index is 881. The van der Waals surface area contributed by atoms with Crippen molar-refractivity contribution in [3.63, 3.8) is 0 Å². The van der Waals surface area contributed by atoms with Gasteiger partial charge in [-0.3, -0.25) is 9.59 Å². The van der Waals surface area contributed by atoms with Gasteiger partial charge in [-0.25, -0.2) is 0 Å². The number of ether oxygens (including phenoxy) is 2. The van der Waals surface area contributed by atoms with Gasteiger partial charge in [0.25, 0.3) is 0 Å². The average Bonchev–Trinajstić information content (AvgIpc) is 2.95. The van der Waals surface area contributed by atoms with E-state index in [2.05, 4.69) is 4.57 Å². The molecular weight excluding hydrogens is 390 g/mol. The first-order valence-electron chi connectivity index (χ1n) is 10.0. The van der Waals surface area contributed by atoms with Crippen molar-refractivity contribution in [2.45, 2.75) is 51.5 Å². The fourth-order valence-corrected chi connectivity index (χ4v) is 4.18. The third kappa shape index (κ3) is 4.41. The van der Waals surface area contributed by atoms with E-state index >= 15 is 0 Å². The highest BCUT2D eigenvalue weighted by molar-refractivity contribution is 6.30. The van der Waals surface area contributed by atoms with Gasteiger partial charge in [-0.1, -0.05) is 30.2 Å². The topological polar surface area (TPSA) is 57.5 Å². The molecule has 0 N–H and O–H groups in total. The molecule has 0 unspecified atom stereocenters. The molecule has 2 aromatic rings. The first-order chi connectivity index (χ1) is 13.9. The van der Waals surface area contributed by atoms with Gasteiger partial charge in [-0.05, 0) is 56.9 Å². The van der Waals surface area contributed by atoms with E-state index in [-0.39, 0.29) is 18.4 Å². The summed E-state index contributed by atoms with van der Waals surface area (Å²) in [4.78, 5) is 25.6. The van der Waals surface area contributed by atoms with Gasteiger partial charge in [0.1, 0.15) is 0 Å². The molecule has 0 spiro atoms. The number of hydrogen-bond acceptors (Lipinski definition) is 4. The summed E-state index contributed by atoms with van der Waals surface area (Å²) in [5.41, 5.74) is 2.78. The Morgan fingerprint density at radius 2 is 1.86 bits per heavy atom. The fourth-order valence-electron chi connectivity index (χ4n) is 4.05. The van der Waals surface area contributed by atoms with Crippen LogP contribution in [0.1, 0.15) is 53.0 Å². The number of methoxy groups -OCH3 is 1. The number of aryl methyl sites for hydroxylation is 1. The second kappa shape index (κ2) is 9.14. The predicted molar refractivity (Wildman–Crippen MR) is 113 cm³/mol. The van der Waals surface area contributed by atoms with Crippen LogP contribution in [0.4, 0.5) is 0 Å². The molecule has 0 aliphatic heterocycles. The molecule has 1 heterocycles. The lowest BCUT2D eigenvalue weighted by Gasteiger charge is -2.39. The summed E-state index contributed by atoms with van der Waals surface area (Å²) in [5.74, 6) is -0.497. The van der Waals surface area contributed by atoms with Crippen molar-refractivity contribution in [1.29, 1.82) is 0 Å². The van der Waals surface area contributed by atoms with Gasteiger partial charge < -0.3 is 14.0 Å². The average molecular weight is 418 g/mol. The Kier molecular flexibility index (Phi) is 6.81. The highest BCUT2D eigenvalue weighted by atomic mass is 35.5. The predicted octanol–water partition coefficient (Wildman–Crippen LogP) is 4.64. The number of esters is 1. The summed E-state index contributed by atoms with van der Waals surface area (Å²) >= 11 is 5.97. The molecule has 3 rings (SSSR count). The Balaban J connectivity index is 1.66. The summed E-state index contributed by atoms with van der Waals surface area (Å²) in [5, 5.41) is 0.632. The standard InChI is InChI=1S/C23H28ClNO4/c1-16-14-20(17(2)25(16)12-5-13-28-3)21(26)15-29-22(27)23(10-4-11-23)18-6-8-19(24)9-7-18/h6-9,14H,4-5,10-13,15H2,1-3H3. The minimum atomic E-state index is -0.651. The monoisotopic (exact) mass is 417 g/mol. The number of carbonyl (C=O) groups excluding carboxylic acids is 2. The molecule has 1 fully saturated rings. The first kappa shape index (κ1) is 21.6. The summed E-state index contributed by atoms with van der Waals surface area (Å²) in [6.07, 6.45) is 3.30. The van der Waals surface area contributed by atoms with Crippen molar-refractivity contribution in [2.75, 3.05) is 20.3 Å². The molecule has 0 radical (unpaired) electrons. The third-order valence-electron chi connectivity index (χ3n) is 5.93. The van der Waals surface area contributed by atoms with Gasteiger partial charge in [0, 0.05) is 42.2 Å². The Hall–Kier alpha value is -2.11. The van der Waals surface area contributed by atoms with Crippen LogP contribution in [0.2, 0.25) is 5.02 Å². The number of hydrogen-bond donors (Lipinski definition) is 0. The van der Waals surface area contributed by atoms with Crippen molar-refractivity contribution < 1.29 is 19.1 Å². The number of halogens is 1. The van der Waals surface area contributed by atoms with Crippen LogP contribution >= 0.6 is 11.6 Å². The summed E-state index contributed by atoms with van der Waals surface area (Å²) in [6, 6.07) is 9.19. The SMILES string of the molecule is COCCCn1c(C)cc(C(=O)COC(=O)C2(c3ccc(Cl)cc3)CCC2)c1C. The van der Waals surface area contributed by atoms with E-state index in [4.69, 9.17) is 21.1 Å². The highest BCUT2D eigenvalue weighted by Gasteiger charge is 2.47. The smallest absolute Gasteiger partial charge is 0.317 e. The van der Waals surface area contributed by atoms with E-state index in [1.807, 2.05) is 32.0 Å². The molecule has 1 aromatic carbocycles. The molecule has 1 aliphatic rings. The molecule has 156 valence electrons. The van der Waals surface area contributed by atoms with Crippen LogP contribution in [0.25, 0.3) is 0 Å². The van der Waals surface area contributed by atoms with E-state index in [0.717, 1.165) is 49.2 Å². The second-order valence-corrected chi connectivity index (χ2v) is 8.16. The van der Waals surface area contributed by atoms with Gasteiger partial charge in [0.05, 0.1) is 5.41 Å². The number of rotatable bonds is 9. The third-order valence-corrected chi connectivity index (χ3v) is 6.19. The molecule has 1 aliphatic carbocycles. The number of ketones is 1. The van der Waals surface area contributed by atoms with Gasteiger partial charge in [0.15, 0.2) is 6.61 Å². The largest absolute Gasteiger partial charge is 0.457 e. The minimum Gasteiger partial charge on any atom is -0.457 e. The van der Waals surface area contributed by atoms with E-state index in [1.165, 1.54) is 0 Å². The molecule has 0 bridgehead atoms. The molecule has 1 aromatic heterocycles. The van der Waals surface area contributed by atoms with E-state index in [0.29, 0.717) is 17.2 Å². The molecular formula is C23H28ClNO4. The zero-order chi connectivity index (χ0) is 21.0. The number of nitrogens with zero attached hydrogens (tertiary/aromatic N) is 1. The minimum absolute atomic E-state index is 0.171. The van der Waals surface area contributed by atoms with Gasteiger partial charge in [-0.2, -0.15) is 0 Å². The van der Waals surface area contributed by atoms with Crippen LogP contribution in [0.3, 0.4) is 0 Å². The molecule has 0 amide bonds. The number of aromatic nitrogens is 1. The maximum atomic E-state index is 12.9. The van der Waals surface area contributed by atoms with E-state index in [1.54, 1.807) is 19.2 Å². The van der Waals surface area contributed by atoms with Crippen LogP contribution in [0, 0.1) is 13.8 Å². The number of carbonyl (C=O) groups is 2. The molecule has 5 nitrogen and oxygen atoms in total. The Morgan fingerprint density at radius 1 is 1.17 bits per heavy atom. The normalized spacial score (nSPS) is 15.0. The summed E-state index contributed by atoms with van der Waals surface area (Å²) < 4.78 is 12.7. The van der Waals surface area contributed by atoms with E-state index < -0.39 is 5.41 Å². The van der Waals surface area contributed by atoms with Crippen molar-refractivity contribution in [3.05, 3.63) is 57.9 Å². The first-order valence-corrected chi connectivity index (χ1v) is 10.4. The fraction of sp³-hybridized carbons (Fsp3) is 0.478. The van der Waals surface area contributed by atoms with Crippen LogP contribution in [-0.4, -0.2) is 36.6 Å². The Labute approximate surface area is 176 Å². The highest BCUT2D eigenvalue weighted by Crippen LogP contribution is 2.45. The van der Waals surface area contributed by atoms with Crippen molar-refractivity contribution in [3.8, 4) is 0 Å². The summed E-state index contributed by atoms with van der Waals surface area (Å²) in [6.45, 7) is 5.13. The van der Waals surface area contributed by atoms with Crippen LogP contribution in [-0.2, 0) is 26.2 Å². The van der Waals surface area contributed by atoms with Crippen LogP contribution < -0.4 is 0 Å². The number of Topliss-reactive ketones (excluding diaryl/α,β-unsaturated/α-hetero) is 1. The molecule has 29 heavy (non-hydrogen) atoms. The van der Waals surface area contributed by atoms with Crippen LogP contribution in [0.15, 0.2) is 30.3 Å². The van der Waals surface area contributed by atoms with Crippen molar-refractivity contribution >= 4 is 23.4 Å². The summed E-state index contributed by atoms with van der Waals surface area (Å²) in [7, 11) is 1.68. The van der Waals surface area contributed by atoms with Gasteiger partial charge in [0.2, 0.25) is 5.78 Å². The molecule has 0 atom stereocenters. The van der Waals surface area contributed by atoms with Gasteiger partial charge >= 0.3 is 5.97 Å². The quantitative estimate of drug-likeness (QED) is 0.338. The van der Waals surface area contributed by atoms with Crippen molar-refractivity contribution in [2.24, 2.45) is 0 Å². The number of benzene rings is 1. The maximum absolute atomic E-state index is 12.9. The zero-order valence-corrected chi connectivity index (χ0v) is 18.1. The Morgan fingerprint density at radius 3 is 2.45 bits per heavy atom. The molecule has 1 saturated carbocycles. The second-order valence-electron chi connectivity index (χ2n) is 7.72. The maximum Gasteiger partial charge on any atom is 0.317 e.